The van der Waals surface area contributed by atoms with Gasteiger partial charge in [-0.25, -0.2) is 0 Å². The normalized spacial score (nSPS) is 32.6. The molecule has 0 aromatic heterocycles. The van der Waals surface area contributed by atoms with Crippen LogP contribution in [0.5, 0.6) is 0 Å². The van der Waals surface area contributed by atoms with Crippen LogP contribution in [0, 0.1) is 11.8 Å². The Hall–Kier alpha value is 0.140. The number of hydrogen-bond donors (Lipinski definition) is 0. The Bertz CT molecular complexity index is 200. The number of halogens is 3. The Morgan fingerprint density at radius 1 is 1.33 bits per heavy atom. The molecule has 0 nitrogen and oxygen atoms in total. The van der Waals surface area contributed by atoms with E-state index in [0.29, 0.717) is 17.1 Å². The molecule has 0 amide bonds. The van der Waals surface area contributed by atoms with Gasteiger partial charge in [0.25, 0.3) is 0 Å². The van der Waals surface area contributed by atoms with E-state index in [1.807, 2.05) is 0 Å². The molecule has 15 heavy (non-hydrogen) atoms. The second-order valence-electron chi connectivity index (χ2n) is 4.67. The van der Waals surface area contributed by atoms with Crippen LogP contribution in [0.15, 0.2) is 0 Å². The predicted molar refractivity (Wildman–Crippen MR) is 59.1 cm³/mol. The van der Waals surface area contributed by atoms with Crippen molar-refractivity contribution >= 4 is 11.8 Å². The Morgan fingerprint density at radius 3 is 2.27 bits per heavy atom. The first-order chi connectivity index (χ1) is 6.83. The Labute approximate surface area is 94.0 Å². The molecular formula is C11H19F3S. The van der Waals surface area contributed by atoms with Crippen molar-refractivity contribution in [2.45, 2.75) is 56.7 Å². The third-order valence-electron chi connectivity index (χ3n) is 3.10. The molecule has 1 saturated heterocycles. The number of hydrogen-bond acceptors (Lipinski definition) is 1. The molecule has 0 bridgehead atoms. The predicted octanol–water partition coefficient (Wildman–Crippen LogP) is 4.50. The highest BCUT2D eigenvalue weighted by atomic mass is 32.2. The van der Waals surface area contributed by atoms with Crippen molar-refractivity contribution in [1.29, 1.82) is 0 Å². The molecule has 0 N–H and O–H groups in total. The summed E-state index contributed by atoms with van der Waals surface area (Å²) in [4.78, 5) is 0. The maximum absolute atomic E-state index is 12.3. The summed E-state index contributed by atoms with van der Waals surface area (Å²) in [6.45, 7) is 6.30. The van der Waals surface area contributed by atoms with Gasteiger partial charge < -0.3 is 0 Å². The minimum Gasteiger partial charge on any atom is -0.171 e. The molecule has 0 aromatic carbocycles. The lowest BCUT2D eigenvalue weighted by molar-refractivity contribution is -0.134. The molecule has 1 fully saturated rings. The molecule has 0 spiro atoms. The topological polar surface area (TPSA) is 0 Å². The van der Waals surface area contributed by atoms with E-state index in [1.54, 1.807) is 11.8 Å². The minimum absolute atomic E-state index is 0.206. The maximum Gasteiger partial charge on any atom is 0.390 e. The summed E-state index contributed by atoms with van der Waals surface area (Å²) in [6, 6.07) is 0. The molecule has 3 atom stereocenters. The molecule has 0 aromatic rings. The highest BCUT2D eigenvalue weighted by molar-refractivity contribution is 8.00. The van der Waals surface area contributed by atoms with Crippen molar-refractivity contribution in [3.8, 4) is 0 Å². The van der Waals surface area contributed by atoms with Crippen LogP contribution in [0.1, 0.15) is 40.0 Å². The molecule has 1 aliphatic rings. The van der Waals surface area contributed by atoms with E-state index in [2.05, 4.69) is 20.8 Å². The van der Waals surface area contributed by atoms with Gasteiger partial charge in [-0.1, -0.05) is 20.8 Å². The zero-order chi connectivity index (χ0) is 11.6. The SMILES string of the molecule is CCC1SC(CC(F)(F)F)CC1C(C)C. The minimum atomic E-state index is -4.00. The average Bonchev–Trinajstić information content (AvgIpc) is 2.44. The summed E-state index contributed by atoms with van der Waals surface area (Å²) in [7, 11) is 0. The zero-order valence-electron chi connectivity index (χ0n) is 9.47. The molecule has 0 radical (unpaired) electrons. The first-order valence-corrected chi connectivity index (χ1v) is 6.50. The summed E-state index contributed by atoms with van der Waals surface area (Å²) in [6.07, 6.45) is -2.89. The molecule has 3 unspecified atom stereocenters. The second kappa shape index (κ2) is 4.98. The summed E-state index contributed by atoms with van der Waals surface area (Å²) >= 11 is 1.55. The summed E-state index contributed by atoms with van der Waals surface area (Å²) in [5, 5.41) is 0.222. The molecule has 4 heteroatoms. The molecular weight excluding hydrogens is 221 g/mol. The first-order valence-electron chi connectivity index (χ1n) is 5.55. The summed E-state index contributed by atoms with van der Waals surface area (Å²) in [5.41, 5.74) is 0. The highest BCUT2D eigenvalue weighted by Gasteiger charge is 2.41. The molecule has 1 aliphatic heterocycles. The number of alkyl halides is 3. The molecule has 0 saturated carbocycles. The van der Waals surface area contributed by atoms with E-state index >= 15 is 0 Å². The van der Waals surface area contributed by atoms with E-state index in [-0.39, 0.29) is 5.25 Å². The Balaban J connectivity index is 2.53. The van der Waals surface area contributed by atoms with Gasteiger partial charge in [0, 0.05) is 10.5 Å². The maximum atomic E-state index is 12.3. The zero-order valence-corrected chi connectivity index (χ0v) is 10.3. The van der Waals surface area contributed by atoms with Crippen molar-refractivity contribution in [2.75, 3.05) is 0 Å². The Morgan fingerprint density at radius 2 is 1.93 bits per heavy atom. The van der Waals surface area contributed by atoms with E-state index in [9.17, 15) is 13.2 Å². The summed E-state index contributed by atoms with van der Waals surface area (Å²) in [5.74, 6) is 0.966. The van der Waals surface area contributed by atoms with E-state index < -0.39 is 12.6 Å². The van der Waals surface area contributed by atoms with E-state index in [0.717, 1.165) is 12.8 Å². The fourth-order valence-electron chi connectivity index (χ4n) is 2.35. The van der Waals surface area contributed by atoms with Gasteiger partial charge in [-0.05, 0) is 24.7 Å². The van der Waals surface area contributed by atoms with Crippen LogP contribution < -0.4 is 0 Å². The van der Waals surface area contributed by atoms with E-state index in [4.69, 9.17) is 0 Å². The van der Waals surface area contributed by atoms with Gasteiger partial charge in [0.05, 0.1) is 6.42 Å². The quantitative estimate of drug-likeness (QED) is 0.700. The first kappa shape index (κ1) is 13.2. The smallest absolute Gasteiger partial charge is 0.171 e. The molecule has 0 aliphatic carbocycles. The van der Waals surface area contributed by atoms with E-state index in [1.165, 1.54) is 0 Å². The van der Waals surface area contributed by atoms with Crippen LogP contribution in [0.4, 0.5) is 13.2 Å². The summed E-state index contributed by atoms with van der Waals surface area (Å²) < 4.78 is 36.8. The van der Waals surface area contributed by atoms with Gasteiger partial charge in [0.15, 0.2) is 0 Å². The second-order valence-corrected chi connectivity index (χ2v) is 6.21. The monoisotopic (exact) mass is 240 g/mol. The standard InChI is InChI=1S/C11H19F3S/c1-4-10-9(7(2)3)5-8(15-10)6-11(12,13)14/h7-10H,4-6H2,1-3H3. The van der Waals surface area contributed by atoms with Gasteiger partial charge in [0.2, 0.25) is 0 Å². The van der Waals surface area contributed by atoms with Crippen LogP contribution in [-0.4, -0.2) is 16.7 Å². The lowest BCUT2D eigenvalue weighted by Crippen LogP contribution is -2.18. The van der Waals surface area contributed by atoms with Crippen LogP contribution in [-0.2, 0) is 0 Å². The number of thioether (sulfide) groups is 1. The third-order valence-corrected chi connectivity index (χ3v) is 4.87. The van der Waals surface area contributed by atoms with Crippen LogP contribution >= 0.6 is 11.8 Å². The molecule has 1 heterocycles. The van der Waals surface area contributed by atoms with Crippen LogP contribution in [0.3, 0.4) is 0 Å². The van der Waals surface area contributed by atoms with Crippen molar-refractivity contribution in [3.63, 3.8) is 0 Å². The fourth-order valence-corrected chi connectivity index (χ4v) is 4.28. The van der Waals surface area contributed by atoms with Gasteiger partial charge in [-0.15, -0.1) is 0 Å². The van der Waals surface area contributed by atoms with Gasteiger partial charge in [-0.3, -0.25) is 0 Å². The van der Waals surface area contributed by atoms with Gasteiger partial charge in [0.1, 0.15) is 0 Å². The van der Waals surface area contributed by atoms with Crippen molar-refractivity contribution in [1.82, 2.24) is 0 Å². The molecule has 90 valence electrons. The average molecular weight is 240 g/mol. The lowest BCUT2D eigenvalue weighted by Gasteiger charge is -2.20. The van der Waals surface area contributed by atoms with Crippen LogP contribution in [0.2, 0.25) is 0 Å². The lowest BCUT2D eigenvalue weighted by atomic mass is 9.87. The fraction of sp³-hybridized carbons (Fsp3) is 1.00. The third kappa shape index (κ3) is 3.89. The number of rotatable bonds is 3. The van der Waals surface area contributed by atoms with Gasteiger partial charge in [-0.2, -0.15) is 24.9 Å². The Kier molecular flexibility index (Phi) is 4.38. The highest BCUT2D eigenvalue weighted by Crippen LogP contribution is 2.47. The van der Waals surface area contributed by atoms with Crippen molar-refractivity contribution < 1.29 is 13.2 Å². The van der Waals surface area contributed by atoms with Crippen molar-refractivity contribution in [3.05, 3.63) is 0 Å². The van der Waals surface area contributed by atoms with Gasteiger partial charge >= 0.3 is 6.18 Å². The largest absolute Gasteiger partial charge is 0.390 e. The van der Waals surface area contributed by atoms with Crippen LogP contribution in [0.25, 0.3) is 0 Å². The molecule has 1 rings (SSSR count). The van der Waals surface area contributed by atoms with Crippen molar-refractivity contribution in [2.24, 2.45) is 11.8 Å².